The van der Waals surface area contributed by atoms with Gasteiger partial charge in [0.05, 0.1) is 17.5 Å². The van der Waals surface area contributed by atoms with E-state index in [1.165, 1.54) is 0 Å². The summed E-state index contributed by atoms with van der Waals surface area (Å²) < 4.78 is 2.07. The van der Waals surface area contributed by atoms with Crippen molar-refractivity contribution in [3.8, 4) is 0 Å². The lowest BCUT2D eigenvalue weighted by Crippen LogP contribution is -2.23. The van der Waals surface area contributed by atoms with Crippen LogP contribution < -0.4 is 5.56 Å². The van der Waals surface area contributed by atoms with Crippen LogP contribution >= 0.6 is 11.3 Å². The summed E-state index contributed by atoms with van der Waals surface area (Å²) in [5, 5.41) is 11.9. The van der Waals surface area contributed by atoms with Crippen LogP contribution in [-0.2, 0) is 6.54 Å². The van der Waals surface area contributed by atoms with E-state index in [-0.39, 0.29) is 11.3 Å². The second-order valence-corrected chi connectivity index (χ2v) is 8.24. The number of aryl methyl sites for hydroxylation is 2. The van der Waals surface area contributed by atoms with E-state index in [0.29, 0.717) is 28.9 Å². The van der Waals surface area contributed by atoms with Gasteiger partial charge in [-0.25, -0.2) is 0 Å². The average molecular weight is 386 g/mol. The Morgan fingerprint density at radius 2 is 1.79 bits per heavy atom. The fraction of sp³-hybridized carbons (Fsp3) is 0.130. The van der Waals surface area contributed by atoms with E-state index in [1.54, 1.807) is 11.3 Å². The molecule has 3 heterocycles. The fourth-order valence-corrected chi connectivity index (χ4v) is 5.01. The van der Waals surface area contributed by atoms with Crippen molar-refractivity contribution in [3.05, 3.63) is 97.9 Å². The van der Waals surface area contributed by atoms with Gasteiger partial charge in [-0.2, -0.15) is 4.98 Å². The van der Waals surface area contributed by atoms with E-state index >= 15 is 0 Å². The summed E-state index contributed by atoms with van der Waals surface area (Å²) in [5.41, 5.74) is 4.08. The number of aliphatic hydroxyl groups excluding tert-OH is 1. The summed E-state index contributed by atoms with van der Waals surface area (Å²) in [6.07, 6.45) is 0. The first-order chi connectivity index (χ1) is 13.6. The second-order valence-electron chi connectivity index (χ2n) is 7.04. The summed E-state index contributed by atoms with van der Waals surface area (Å²) in [6.45, 7) is 4.63. The zero-order valence-corrected chi connectivity index (χ0v) is 16.4. The molecule has 0 radical (unpaired) electrons. The Hall–Kier alpha value is -3.18. The van der Waals surface area contributed by atoms with E-state index < -0.39 is 0 Å². The van der Waals surface area contributed by atoms with Crippen molar-refractivity contribution < 1.29 is 5.11 Å². The fourth-order valence-electron chi connectivity index (χ4n) is 3.86. The predicted octanol–water partition coefficient (Wildman–Crippen LogP) is 4.91. The molecule has 0 atom stereocenters. The zero-order valence-electron chi connectivity index (χ0n) is 15.6. The lowest BCUT2D eigenvalue weighted by molar-refractivity contribution is 0.512. The monoisotopic (exact) mass is 386 g/mol. The van der Waals surface area contributed by atoms with Crippen LogP contribution in [0.5, 0.6) is 0 Å². The van der Waals surface area contributed by atoms with Gasteiger partial charge in [0, 0.05) is 10.4 Å². The Labute approximate surface area is 166 Å². The molecule has 138 valence electrons. The molecule has 28 heavy (non-hydrogen) atoms. The molecule has 2 aromatic heterocycles. The molecule has 0 spiro atoms. The van der Waals surface area contributed by atoms with Gasteiger partial charge >= 0.3 is 0 Å². The minimum atomic E-state index is -0.235. The van der Waals surface area contributed by atoms with Crippen molar-refractivity contribution in [1.29, 1.82) is 0 Å². The summed E-state index contributed by atoms with van der Waals surface area (Å²) >= 11 is 1.61. The van der Waals surface area contributed by atoms with Gasteiger partial charge in [0.1, 0.15) is 16.4 Å². The normalized spacial score (nSPS) is 14.6. The minimum absolute atomic E-state index is 0.137. The molecule has 0 saturated heterocycles. The van der Waals surface area contributed by atoms with Gasteiger partial charge < -0.3 is 9.67 Å². The molecule has 5 heteroatoms. The highest BCUT2D eigenvalue weighted by Gasteiger charge is 2.28. The minimum Gasteiger partial charge on any atom is -0.507 e. The van der Waals surface area contributed by atoms with Crippen LogP contribution in [0.1, 0.15) is 33.0 Å². The number of fused-ring (bicyclic) bond motifs is 4. The van der Waals surface area contributed by atoms with Gasteiger partial charge in [-0.15, -0.1) is 11.3 Å². The number of hydrogen-bond donors (Lipinski definition) is 1. The van der Waals surface area contributed by atoms with Crippen molar-refractivity contribution in [1.82, 2.24) is 9.55 Å². The number of aromatic nitrogens is 2. The topological polar surface area (TPSA) is 55.1 Å². The molecular weight excluding hydrogens is 368 g/mol. The molecule has 2 aromatic carbocycles. The average Bonchev–Trinajstić information content (AvgIpc) is 3.02. The molecule has 0 unspecified atom stereocenters. The third-order valence-electron chi connectivity index (χ3n) is 5.41. The standard InChI is InChI=1S/C23H18N2O2S/c1-13-14(2)28-23-18(13)22(27)24-21-19(20(26)15-8-4-3-5-9-15)17-11-7-6-10-16(17)12-25(21)23/h3-11,26H,12H2,1-2H3. The smallest absolute Gasteiger partial charge is 0.282 e. The molecule has 0 fully saturated rings. The van der Waals surface area contributed by atoms with Crippen LogP contribution in [0.15, 0.2) is 59.4 Å². The summed E-state index contributed by atoms with van der Waals surface area (Å²) in [7, 11) is 0. The number of nitrogens with zero attached hydrogens (tertiary/aromatic N) is 2. The number of benzene rings is 2. The Bertz CT molecular complexity index is 1330. The molecule has 0 aliphatic carbocycles. The highest BCUT2D eigenvalue weighted by molar-refractivity contribution is 7.18. The van der Waals surface area contributed by atoms with Crippen molar-refractivity contribution >= 4 is 32.9 Å². The van der Waals surface area contributed by atoms with Crippen LogP contribution in [0.2, 0.25) is 0 Å². The highest BCUT2D eigenvalue weighted by Crippen LogP contribution is 2.38. The van der Waals surface area contributed by atoms with E-state index in [2.05, 4.69) is 15.6 Å². The Morgan fingerprint density at radius 3 is 2.57 bits per heavy atom. The van der Waals surface area contributed by atoms with Crippen LogP contribution in [0.4, 0.5) is 0 Å². The Kier molecular flexibility index (Phi) is 3.74. The summed E-state index contributed by atoms with van der Waals surface area (Å²) in [6, 6.07) is 17.4. The largest absolute Gasteiger partial charge is 0.507 e. The van der Waals surface area contributed by atoms with Crippen molar-refractivity contribution in [2.45, 2.75) is 20.4 Å². The third kappa shape index (κ3) is 2.36. The molecular formula is C23H18N2O2S. The quantitative estimate of drug-likeness (QED) is 0.417. The van der Waals surface area contributed by atoms with Gasteiger partial charge in [0.2, 0.25) is 0 Å². The molecule has 4 nitrogen and oxygen atoms in total. The first kappa shape index (κ1) is 17.0. The lowest BCUT2D eigenvalue weighted by atomic mass is 9.92. The maximum atomic E-state index is 12.9. The summed E-state index contributed by atoms with van der Waals surface area (Å²) in [5.74, 6) is 0.663. The molecule has 5 rings (SSSR count). The molecule has 1 N–H and O–H groups in total. The second kappa shape index (κ2) is 6.17. The van der Waals surface area contributed by atoms with Crippen molar-refractivity contribution in [2.24, 2.45) is 0 Å². The highest BCUT2D eigenvalue weighted by atomic mass is 32.1. The van der Waals surface area contributed by atoms with Crippen molar-refractivity contribution in [3.63, 3.8) is 0 Å². The maximum Gasteiger partial charge on any atom is 0.282 e. The number of thiophene rings is 1. The van der Waals surface area contributed by atoms with Crippen LogP contribution in [0.3, 0.4) is 0 Å². The van der Waals surface area contributed by atoms with Crippen LogP contribution in [0.25, 0.3) is 21.5 Å². The van der Waals surface area contributed by atoms with E-state index in [9.17, 15) is 9.90 Å². The molecule has 0 saturated carbocycles. The van der Waals surface area contributed by atoms with Gasteiger partial charge in [-0.05, 0) is 30.5 Å². The van der Waals surface area contributed by atoms with Gasteiger partial charge in [-0.1, -0.05) is 54.6 Å². The Balaban J connectivity index is 1.92. The maximum absolute atomic E-state index is 12.9. The van der Waals surface area contributed by atoms with E-state index in [1.807, 2.05) is 62.4 Å². The number of hydrogen-bond acceptors (Lipinski definition) is 4. The van der Waals surface area contributed by atoms with Gasteiger partial charge in [0.25, 0.3) is 5.56 Å². The molecule has 0 amide bonds. The van der Waals surface area contributed by atoms with Gasteiger partial charge in [-0.3, -0.25) is 4.79 Å². The zero-order chi connectivity index (χ0) is 19.4. The van der Waals surface area contributed by atoms with Crippen molar-refractivity contribution in [2.75, 3.05) is 0 Å². The predicted molar refractivity (Wildman–Crippen MR) is 114 cm³/mol. The Morgan fingerprint density at radius 1 is 1.07 bits per heavy atom. The molecule has 1 aliphatic heterocycles. The summed E-state index contributed by atoms with van der Waals surface area (Å²) in [4.78, 5) is 19.4. The van der Waals surface area contributed by atoms with E-state index in [4.69, 9.17) is 0 Å². The lowest BCUT2D eigenvalue weighted by Gasteiger charge is -2.25. The number of rotatable bonds is 1. The number of aliphatic hydroxyl groups is 1. The van der Waals surface area contributed by atoms with E-state index in [0.717, 1.165) is 26.4 Å². The first-order valence-corrected chi connectivity index (χ1v) is 9.95. The van der Waals surface area contributed by atoms with Crippen LogP contribution in [-0.4, -0.2) is 14.7 Å². The molecule has 1 aliphatic rings. The SMILES string of the molecule is Cc1sc2c(c1C)c(=O)nc1n2Cc2ccccc2C1=C(O)c1ccccc1. The molecule has 4 aromatic rings. The van der Waals surface area contributed by atoms with Gasteiger partial charge in [0.15, 0.2) is 0 Å². The first-order valence-electron chi connectivity index (χ1n) is 9.14. The molecule has 0 bridgehead atoms. The third-order valence-corrected chi connectivity index (χ3v) is 6.64. The van der Waals surface area contributed by atoms with Crippen LogP contribution in [0, 0.1) is 13.8 Å².